The number of carbonyl (C=O) groups excluding carboxylic acids is 15. The number of hydrogen-bond donors (Lipinski definition) is 27. The highest BCUT2D eigenvalue weighted by molar-refractivity contribution is 6.00. The standard InChI is InChI=1S/C63H117N31O17/c1-27(64)43(95)80-28(2)44(96)81-29(3)45(97)84-33(7)49(101)87-36(10)52(104)90-39(18-13-23-76-60(67)68)54(106)92-41(20-15-25-78-62(71)72)56(108)94-42(21-16-26-79-63(73)74)57(109)93-40(19-14-24-77-61(69)70)55(107)91-38(17-12-22-75-59(65)66)53(105)88-35(9)50(102)85-32(6)47(99)82-30(4)46(98)83-31(5)48(100)86-34(8)51(103)89-37(11)58(110)111/h27-42H,12-26,64H2,1-11H3,(H,80,95)(H,81,96)(H,82,99)(H,83,98)(H,84,97)(H,85,102)(H,86,100)(H,87,101)(H,88,105)(H,89,103)(H,90,104)(H,91,107)(H,92,106)(H,93,109)(H,94,108)(H,110,111)(H4,65,66,75)(H4,67,68,76)(H4,69,70,77)(H4,71,72,78)(H4,73,74,79)/t27-,28-,29-,30-,31-,32-,33-,34-,35-,36-,37-,38-,39-,40-,41-,42-/m0/s1. The van der Waals surface area contributed by atoms with Gasteiger partial charge in [-0.15, -0.1) is 0 Å². The van der Waals surface area contributed by atoms with Gasteiger partial charge in [0.1, 0.15) is 90.6 Å². The third kappa shape index (κ3) is 41.7. The number of amides is 15. The fourth-order valence-corrected chi connectivity index (χ4v) is 9.27. The maximum Gasteiger partial charge on any atom is 0.325 e. The molecule has 0 heterocycles. The molecule has 38 N–H and O–H groups in total. The predicted octanol–water partition coefficient (Wildman–Crippen LogP) is -12.8. The van der Waals surface area contributed by atoms with E-state index in [0.29, 0.717) is 0 Å². The summed E-state index contributed by atoms with van der Waals surface area (Å²) in [6, 6.07) is -21.5. The summed E-state index contributed by atoms with van der Waals surface area (Å²) in [4.78, 5) is 233. The molecule has 0 aliphatic carbocycles. The van der Waals surface area contributed by atoms with Gasteiger partial charge >= 0.3 is 5.97 Å². The highest BCUT2D eigenvalue weighted by atomic mass is 16.4. The van der Waals surface area contributed by atoms with Gasteiger partial charge in [-0.25, -0.2) is 0 Å². The van der Waals surface area contributed by atoms with Crippen molar-refractivity contribution in [1.29, 1.82) is 0 Å². The molecule has 48 nitrogen and oxygen atoms in total. The normalized spacial score (nSPS) is 15.1. The number of hydrogen-bond acceptors (Lipinski definition) is 22. The first-order chi connectivity index (χ1) is 51.7. The van der Waals surface area contributed by atoms with E-state index in [9.17, 15) is 76.7 Å². The van der Waals surface area contributed by atoms with E-state index in [-0.39, 0.29) is 127 Å². The first-order valence-electron chi connectivity index (χ1n) is 35.5. The molecule has 48 heteroatoms. The van der Waals surface area contributed by atoms with E-state index < -0.39 is 191 Å². The molecule has 0 unspecified atom stereocenters. The highest BCUT2D eigenvalue weighted by Crippen LogP contribution is 2.11. The Morgan fingerprint density at radius 1 is 0.225 bits per heavy atom. The largest absolute Gasteiger partial charge is 0.480 e. The molecule has 0 aromatic rings. The van der Waals surface area contributed by atoms with E-state index in [4.69, 9.17) is 68.2 Å². The highest BCUT2D eigenvalue weighted by Gasteiger charge is 2.36. The lowest BCUT2D eigenvalue weighted by Crippen LogP contribution is -2.60. The molecule has 0 aliphatic rings. The molecule has 0 radical (unpaired) electrons. The zero-order valence-corrected chi connectivity index (χ0v) is 64.4. The van der Waals surface area contributed by atoms with Crippen LogP contribution < -0.4 is 143 Å². The average molecular weight is 1580 g/mol. The molecule has 0 saturated carbocycles. The second kappa shape index (κ2) is 51.2. The van der Waals surface area contributed by atoms with E-state index >= 15 is 0 Å². The molecule has 0 saturated heterocycles. The number of nitrogens with one attached hydrogen (secondary N) is 15. The van der Waals surface area contributed by atoms with Gasteiger partial charge in [0.15, 0.2) is 29.8 Å². The van der Waals surface area contributed by atoms with Crippen LogP contribution in [-0.4, -0.2) is 259 Å². The molecular formula is C63H117N31O17. The minimum absolute atomic E-state index is 0.00149. The van der Waals surface area contributed by atoms with Gasteiger partial charge in [-0.05, 0) is 140 Å². The lowest BCUT2D eigenvalue weighted by atomic mass is 10.0. The van der Waals surface area contributed by atoms with Crippen molar-refractivity contribution in [2.75, 3.05) is 32.7 Å². The van der Waals surface area contributed by atoms with Crippen molar-refractivity contribution in [3.8, 4) is 0 Å². The zero-order chi connectivity index (χ0) is 85.1. The molecule has 15 amide bonds. The summed E-state index contributed by atoms with van der Waals surface area (Å²) in [5.41, 5.74) is 61.1. The minimum atomic E-state index is -1.59. The van der Waals surface area contributed by atoms with E-state index in [2.05, 4.69) is 105 Å². The number of carboxylic acids is 1. The predicted molar refractivity (Wildman–Crippen MR) is 407 cm³/mol. The molecule has 16 atom stereocenters. The van der Waals surface area contributed by atoms with Gasteiger partial charge in [-0.1, -0.05) is 0 Å². The maximum atomic E-state index is 14.7. The Morgan fingerprint density at radius 3 is 0.523 bits per heavy atom. The third-order valence-electron chi connectivity index (χ3n) is 15.8. The number of nitrogens with two attached hydrogens (primary N) is 11. The lowest BCUT2D eigenvalue weighted by molar-refractivity contribution is -0.141. The molecule has 0 fully saturated rings. The van der Waals surface area contributed by atoms with Crippen molar-refractivity contribution in [2.24, 2.45) is 88.0 Å². The molecule has 0 spiro atoms. The number of guanidine groups is 5. The van der Waals surface area contributed by atoms with E-state index in [1.807, 2.05) is 0 Å². The van der Waals surface area contributed by atoms with Crippen LogP contribution in [0.25, 0.3) is 0 Å². The van der Waals surface area contributed by atoms with Gasteiger partial charge in [-0.3, -0.25) is 102 Å². The maximum absolute atomic E-state index is 14.7. The monoisotopic (exact) mass is 1580 g/mol. The van der Waals surface area contributed by atoms with Crippen LogP contribution in [0.2, 0.25) is 0 Å². The SMILES string of the molecule is C[C@H](N)C(=O)N[C@@H](C)C(=O)N[C@@H](C)C(=O)N[C@@H](C)C(=O)N[C@@H](C)C(=O)N[C@@H](CCCN=C(N)N)C(=O)N[C@@H](CCCN=C(N)N)C(=O)N[C@@H](CCCN=C(N)N)C(=O)N[C@@H](CCCN=C(N)N)C(=O)N[C@@H](CCCN=C(N)N)C(=O)N[C@@H](C)C(=O)N[C@@H](C)C(=O)N[C@@H](C)C(=O)N[C@@H](C)C(=O)N[C@@H](C)C(=O)N[C@@H](C)C(=O)O. The molecule has 0 rings (SSSR count). The number of carbonyl (C=O) groups is 16. The van der Waals surface area contributed by atoms with Crippen molar-refractivity contribution in [3.05, 3.63) is 0 Å². The molecule has 0 aromatic heterocycles. The fourth-order valence-electron chi connectivity index (χ4n) is 9.27. The van der Waals surface area contributed by atoms with Crippen LogP contribution in [0.4, 0.5) is 0 Å². The van der Waals surface area contributed by atoms with Gasteiger partial charge in [0.25, 0.3) is 0 Å². The second-order valence-corrected chi connectivity index (χ2v) is 26.0. The topological polar surface area (TPSA) is 822 Å². The minimum Gasteiger partial charge on any atom is -0.480 e. The summed E-state index contributed by atoms with van der Waals surface area (Å²) in [5.74, 6) is -16.2. The van der Waals surface area contributed by atoms with Crippen molar-refractivity contribution < 1.29 is 81.8 Å². The number of rotatable bonds is 51. The van der Waals surface area contributed by atoms with Crippen LogP contribution in [0.15, 0.2) is 25.0 Å². The summed E-state index contributed by atoms with van der Waals surface area (Å²) in [7, 11) is 0. The zero-order valence-electron chi connectivity index (χ0n) is 64.4. The van der Waals surface area contributed by atoms with Crippen molar-refractivity contribution in [1.82, 2.24) is 79.8 Å². The molecule has 111 heavy (non-hydrogen) atoms. The number of aliphatic imine (C=N–C) groups is 5. The van der Waals surface area contributed by atoms with E-state index in [1.54, 1.807) is 0 Å². The van der Waals surface area contributed by atoms with Gasteiger partial charge in [0.05, 0.1) is 6.04 Å². The summed E-state index contributed by atoms with van der Waals surface area (Å²) in [5, 5.41) is 45.8. The van der Waals surface area contributed by atoms with Crippen molar-refractivity contribution >= 4 is 124 Å². The molecular weight excluding hydrogens is 1460 g/mol. The van der Waals surface area contributed by atoms with Crippen LogP contribution in [0, 0.1) is 0 Å². The van der Waals surface area contributed by atoms with Crippen LogP contribution >= 0.6 is 0 Å². The van der Waals surface area contributed by atoms with Crippen LogP contribution in [0.1, 0.15) is 140 Å². The Bertz CT molecular complexity index is 3350. The summed E-state index contributed by atoms with van der Waals surface area (Å²) in [6.07, 6.45) is -1.07. The van der Waals surface area contributed by atoms with Gasteiger partial charge in [-0.2, -0.15) is 0 Å². The smallest absolute Gasteiger partial charge is 0.325 e. The Morgan fingerprint density at radius 2 is 0.360 bits per heavy atom. The molecule has 0 bridgehead atoms. The molecule has 626 valence electrons. The van der Waals surface area contributed by atoms with Crippen LogP contribution in [-0.2, 0) is 76.7 Å². The van der Waals surface area contributed by atoms with Crippen molar-refractivity contribution in [2.45, 2.75) is 237 Å². The summed E-state index contributed by atoms with van der Waals surface area (Å²) >= 11 is 0. The Kier molecular flexibility index (Phi) is 45.6. The van der Waals surface area contributed by atoms with E-state index in [1.165, 1.54) is 76.2 Å². The van der Waals surface area contributed by atoms with Crippen molar-refractivity contribution in [3.63, 3.8) is 0 Å². The summed E-state index contributed by atoms with van der Waals surface area (Å²) < 4.78 is 0. The quantitative estimate of drug-likeness (QED) is 0.0153. The molecule has 0 aliphatic heterocycles. The van der Waals surface area contributed by atoms with E-state index in [0.717, 1.165) is 0 Å². The number of nitrogens with zero attached hydrogens (tertiary/aromatic N) is 5. The Balaban J connectivity index is 7.09. The van der Waals surface area contributed by atoms with Crippen LogP contribution in [0.3, 0.4) is 0 Å². The first kappa shape index (κ1) is 98.8. The van der Waals surface area contributed by atoms with Gasteiger partial charge in [0.2, 0.25) is 88.6 Å². The Hall–Kier alpha value is -12.2. The number of carboxylic acid groups (broad SMARTS) is 1. The lowest BCUT2D eigenvalue weighted by Gasteiger charge is -2.28. The summed E-state index contributed by atoms with van der Waals surface area (Å²) in [6.45, 7) is 13.8. The second-order valence-electron chi connectivity index (χ2n) is 26.0. The van der Waals surface area contributed by atoms with Gasteiger partial charge < -0.3 is 148 Å². The molecule has 0 aromatic carbocycles. The number of aliphatic carboxylic acids is 1. The fraction of sp³-hybridized carbons (Fsp3) is 0.667. The third-order valence-corrected chi connectivity index (χ3v) is 15.8. The first-order valence-corrected chi connectivity index (χ1v) is 35.5. The van der Waals surface area contributed by atoms with Crippen LogP contribution in [0.5, 0.6) is 0 Å². The average Bonchev–Trinajstić information content (AvgIpc) is 0.869. The Labute approximate surface area is 641 Å². The van der Waals surface area contributed by atoms with Gasteiger partial charge in [0, 0.05) is 32.7 Å².